The fourth-order valence-electron chi connectivity index (χ4n) is 2.96. The molecule has 0 aromatic heterocycles. The van der Waals surface area contributed by atoms with Crippen LogP contribution in [0.25, 0.3) is 0 Å². The van der Waals surface area contributed by atoms with E-state index >= 15 is 0 Å². The molecule has 0 spiro atoms. The van der Waals surface area contributed by atoms with Crippen molar-refractivity contribution in [3.05, 3.63) is 62.7 Å². The minimum absolute atomic E-state index is 0.606. The number of rotatable bonds is 5. The maximum Gasteiger partial charge on any atom is 0.120 e. The van der Waals surface area contributed by atoms with Crippen molar-refractivity contribution in [2.75, 3.05) is 7.11 Å². The zero-order chi connectivity index (χ0) is 17.1. The van der Waals surface area contributed by atoms with Gasteiger partial charge in [0.25, 0.3) is 0 Å². The van der Waals surface area contributed by atoms with E-state index in [4.69, 9.17) is 9.47 Å². The summed E-state index contributed by atoms with van der Waals surface area (Å²) in [5.74, 6) is 0.915. The average molecular weight is 312 g/mol. The van der Waals surface area contributed by atoms with Crippen molar-refractivity contribution in [2.45, 2.75) is 54.8 Å². The standard InChI is InChI=1S/C21H28O2/c1-13-8-14(2)18(6)21(17(13)5)12-23-20-9-15(3)16(4)19(10-20)11-22-7/h8-10H,11-12H2,1-7H3. The highest BCUT2D eigenvalue weighted by molar-refractivity contribution is 5.45. The largest absolute Gasteiger partial charge is 0.489 e. The van der Waals surface area contributed by atoms with Gasteiger partial charge in [0.15, 0.2) is 0 Å². The molecular weight excluding hydrogens is 284 g/mol. The molecule has 0 aliphatic rings. The van der Waals surface area contributed by atoms with Crippen molar-refractivity contribution in [2.24, 2.45) is 0 Å². The van der Waals surface area contributed by atoms with Crippen molar-refractivity contribution in [3.63, 3.8) is 0 Å². The molecule has 0 radical (unpaired) electrons. The van der Waals surface area contributed by atoms with E-state index in [0.717, 1.165) is 5.75 Å². The van der Waals surface area contributed by atoms with Crippen molar-refractivity contribution in [1.29, 1.82) is 0 Å². The molecule has 0 aliphatic heterocycles. The molecule has 2 rings (SSSR count). The third-order valence-corrected chi connectivity index (χ3v) is 4.95. The summed E-state index contributed by atoms with van der Waals surface area (Å²) in [6.45, 7) is 14.2. The highest BCUT2D eigenvalue weighted by Crippen LogP contribution is 2.26. The molecule has 0 aliphatic carbocycles. The van der Waals surface area contributed by atoms with E-state index < -0.39 is 0 Å². The van der Waals surface area contributed by atoms with Crippen LogP contribution in [0.4, 0.5) is 0 Å². The second-order valence-corrected chi connectivity index (χ2v) is 6.48. The van der Waals surface area contributed by atoms with Gasteiger partial charge in [-0.15, -0.1) is 0 Å². The first kappa shape index (κ1) is 17.6. The lowest BCUT2D eigenvalue weighted by Crippen LogP contribution is -2.05. The van der Waals surface area contributed by atoms with Crippen LogP contribution in [0.3, 0.4) is 0 Å². The van der Waals surface area contributed by atoms with Crippen molar-refractivity contribution < 1.29 is 9.47 Å². The topological polar surface area (TPSA) is 18.5 Å². The molecule has 0 heterocycles. The number of methoxy groups -OCH3 is 1. The SMILES string of the molecule is COCc1cc(OCc2c(C)c(C)cc(C)c2C)cc(C)c1C. The molecule has 0 N–H and O–H groups in total. The molecule has 2 nitrogen and oxygen atoms in total. The van der Waals surface area contributed by atoms with Crippen LogP contribution in [0, 0.1) is 41.5 Å². The van der Waals surface area contributed by atoms with E-state index in [0.29, 0.717) is 13.2 Å². The number of ether oxygens (including phenoxy) is 2. The third kappa shape index (κ3) is 3.76. The Morgan fingerprint density at radius 2 is 1.26 bits per heavy atom. The third-order valence-electron chi connectivity index (χ3n) is 4.95. The Morgan fingerprint density at radius 3 is 1.83 bits per heavy atom. The number of benzene rings is 2. The van der Waals surface area contributed by atoms with Gasteiger partial charge in [0.1, 0.15) is 12.4 Å². The molecule has 2 heteroatoms. The quantitative estimate of drug-likeness (QED) is 0.749. The van der Waals surface area contributed by atoms with Gasteiger partial charge in [-0.05, 0) is 98.2 Å². The van der Waals surface area contributed by atoms with Crippen LogP contribution >= 0.6 is 0 Å². The monoisotopic (exact) mass is 312 g/mol. The zero-order valence-electron chi connectivity index (χ0n) is 15.5. The van der Waals surface area contributed by atoms with Crippen LogP contribution in [-0.4, -0.2) is 7.11 Å². The Balaban J connectivity index is 2.28. The van der Waals surface area contributed by atoms with E-state index in [1.165, 1.54) is 44.5 Å². The summed E-state index contributed by atoms with van der Waals surface area (Å²) in [5, 5.41) is 0. The second kappa shape index (κ2) is 7.18. The van der Waals surface area contributed by atoms with E-state index in [-0.39, 0.29) is 0 Å². The number of aryl methyl sites for hydroxylation is 3. The molecule has 0 atom stereocenters. The zero-order valence-corrected chi connectivity index (χ0v) is 15.5. The maximum atomic E-state index is 6.13. The van der Waals surface area contributed by atoms with Crippen LogP contribution in [0.5, 0.6) is 5.75 Å². The lowest BCUT2D eigenvalue weighted by Gasteiger charge is -2.17. The molecule has 0 amide bonds. The molecule has 0 saturated carbocycles. The number of hydrogen-bond donors (Lipinski definition) is 0. The van der Waals surface area contributed by atoms with Gasteiger partial charge in [0.2, 0.25) is 0 Å². The van der Waals surface area contributed by atoms with Crippen LogP contribution in [0.2, 0.25) is 0 Å². The van der Waals surface area contributed by atoms with Crippen molar-refractivity contribution in [1.82, 2.24) is 0 Å². The molecule has 2 aromatic rings. The summed E-state index contributed by atoms with van der Waals surface area (Å²) in [5.41, 5.74) is 10.3. The van der Waals surface area contributed by atoms with Crippen LogP contribution in [0.1, 0.15) is 44.5 Å². The fourth-order valence-corrected chi connectivity index (χ4v) is 2.96. The van der Waals surface area contributed by atoms with Gasteiger partial charge in [-0.3, -0.25) is 0 Å². The molecule has 124 valence electrons. The Labute approximate surface area is 140 Å². The summed E-state index contributed by atoms with van der Waals surface area (Å²) >= 11 is 0. The van der Waals surface area contributed by atoms with Gasteiger partial charge in [0.05, 0.1) is 6.61 Å². The first-order valence-corrected chi connectivity index (χ1v) is 8.13. The van der Waals surface area contributed by atoms with Gasteiger partial charge in [-0.25, -0.2) is 0 Å². The van der Waals surface area contributed by atoms with Gasteiger partial charge in [0, 0.05) is 7.11 Å². The summed E-state index contributed by atoms with van der Waals surface area (Å²) in [4.78, 5) is 0. The predicted molar refractivity (Wildman–Crippen MR) is 96.4 cm³/mol. The second-order valence-electron chi connectivity index (χ2n) is 6.48. The average Bonchev–Trinajstić information content (AvgIpc) is 2.50. The van der Waals surface area contributed by atoms with Crippen LogP contribution in [0.15, 0.2) is 18.2 Å². The Hall–Kier alpha value is -1.80. The minimum atomic E-state index is 0.606. The smallest absolute Gasteiger partial charge is 0.120 e. The Kier molecular flexibility index (Phi) is 5.48. The molecule has 0 fully saturated rings. The number of hydrogen-bond acceptors (Lipinski definition) is 2. The normalized spacial score (nSPS) is 10.9. The lowest BCUT2D eigenvalue weighted by atomic mass is 9.95. The maximum absolute atomic E-state index is 6.13. The molecule has 2 aromatic carbocycles. The van der Waals surface area contributed by atoms with E-state index in [1.807, 2.05) is 0 Å². The summed E-state index contributed by atoms with van der Waals surface area (Å²) < 4.78 is 11.4. The molecule has 0 bridgehead atoms. The highest BCUT2D eigenvalue weighted by atomic mass is 16.5. The molecule has 0 unspecified atom stereocenters. The first-order chi connectivity index (χ1) is 10.8. The summed E-state index contributed by atoms with van der Waals surface area (Å²) in [7, 11) is 1.73. The minimum Gasteiger partial charge on any atom is -0.489 e. The van der Waals surface area contributed by atoms with E-state index in [9.17, 15) is 0 Å². The predicted octanol–water partition coefficient (Wildman–Crippen LogP) is 5.26. The van der Waals surface area contributed by atoms with Gasteiger partial charge in [-0.2, -0.15) is 0 Å². The van der Waals surface area contributed by atoms with Gasteiger partial charge in [-0.1, -0.05) is 6.07 Å². The molecule has 0 saturated heterocycles. The summed E-state index contributed by atoms with van der Waals surface area (Å²) in [6, 6.07) is 6.46. The van der Waals surface area contributed by atoms with E-state index in [2.05, 4.69) is 59.7 Å². The Bertz CT molecular complexity index is 688. The Morgan fingerprint density at radius 1 is 0.696 bits per heavy atom. The highest BCUT2D eigenvalue weighted by Gasteiger charge is 2.10. The molecular formula is C21H28O2. The lowest BCUT2D eigenvalue weighted by molar-refractivity contribution is 0.183. The van der Waals surface area contributed by atoms with Crippen molar-refractivity contribution >= 4 is 0 Å². The fraction of sp³-hybridized carbons (Fsp3) is 0.429. The molecule has 23 heavy (non-hydrogen) atoms. The van der Waals surface area contributed by atoms with Crippen LogP contribution in [-0.2, 0) is 18.0 Å². The van der Waals surface area contributed by atoms with Gasteiger partial charge < -0.3 is 9.47 Å². The first-order valence-electron chi connectivity index (χ1n) is 8.13. The van der Waals surface area contributed by atoms with Crippen LogP contribution < -0.4 is 4.74 Å². The van der Waals surface area contributed by atoms with Gasteiger partial charge >= 0.3 is 0 Å². The summed E-state index contributed by atoms with van der Waals surface area (Å²) in [6.07, 6.45) is 0. The van der Waals surface area contributed by atoms with E-state index in [1.54, 1.807) is 7.11 Å². The van der Waals surface area contributed by atoms with Crippen molar-refractivity contribution in [3.8, 4) is 5.75 Å².